The van der Waals surface area contributed by atoms with Crippen molar-refractivity contribution >= 4 is 27.3 Å². The minimum atomic E-state index is -3.42. The van der Waals surface area contributed by atoms with Gasteiger partial charge in [0.2, 0.25) is 5.91 Å². The Morgan fingerprint density at radius 1 is 1.21 bits per heavy atom. The number of methoxy groups -OCH3 is 2. The van der Waals surface area contributed by atoms with Gasteiger partial charge in [-0.05, 0) is 42.2 Å². The van der Waals surface area contributed by atoms with E-state index in [1.165, 1.54) is 0 Å². The highest BCUT2D eigenvalue weighted by Gasteiger charge is 2.38. The molecule has 0 spiro atoms. The molecule has 1 saturated carbocycles. The van der Waals surface area contributed by atoms with Crippen LogP contribution in [0.5, 0.6) is 5.75 Å². The molecular weight excluding hydrogens is 444 g/mol. The summed E-state index contributed by atoms with van der Waals surface area (Å²) in [6.45, 7) is 0.543. The van der Waals surface area contributed by atoms with Gasteiger partial charge in [-0.3, -0.25) is 9.59 Å². The lowest BCUT2D eigenvalue weighted by atomic mass is 10.0. The van der Waals surface area contributed by atoms with Crippen molar-refractivity contribution in [1.29, 1.82) is 0 Å². The van der Waals surface area contributed by atoms with E-state index in [-0.39, 0.29) is 36.6 Å². The number of benzene rings is 2. The molecule has 33 heavy (non-hydrogen) atoms. The Hall–Kier alpha value is -2.91. The van der Waals surface area contributed by atoms with Gasteiger partial charge in [-0.15, -0.1) is 0 Å². The Bertz CT molecular complexity index is 1190. The van der Waals surface area contributed by atoms with E-state index in [9.17, 15) is 18.0 Å². The maximum absolute atomic E-state index is 13.5. The van der Waals surface area contributed by atoms with Gasteiger partial charge in [-0.1, -0.05) is 18.2 Å². The van der Waals surface area contributed by atoms with Crippen molar-refractivity contribution in [2.45, 2.75) is 32.0 Å². The van der Waals surface area contributed by atoms with E-state index in [0.717, 1.165) is 30.2 Å². The van der Waals surface area contributed by atoms with E-state index in [0.29, 0.717) is 22.6 Å². The van der Waals surface area contributed by atoms with Crippen LogP contribution in [0.15, 0.2) is 36.4 Å². The zero-order valence-electron chi connectivity index (χ0n) is 19.0. The zero-order chi connectivity index (χ0) is 23.8. The lowest BCUT2D eigenvalue weighted by Crippen LogP contribution is -2.34. The fourth-order valence-corrected chi connectivity index (χ4v) is 5.19. The van der Waals surface area contributed by atoms with Crippen LogP contribution in [0.3, 0.4) is 0 Å². The van der Waals surface area contributed by atoms with E-state index < -0.39 is 15.9 Å². The minimum absolute atomic E-state index is 0.00459. The summed E-state index contributed by atoms with van der Waals surface area (Å²) in [4.78, 5) is 27.4. The monoisotopic (exact) mass is 472 g/mol. The molecule has 1 aliphatic carbocycles. The number of carbonyl (C=O) groups is 2. The molecule has 0 aromatic heterocycles. The van der Waals surface area contributed by atoms with E-state index in [1.807, 2.05) is 12.1 Å². The molecule has 0 bridgehead atoms. The smallest absolute Gasteiger partial charge is 0.257 e. The van der Waals surface area contributed by atoms with Crippen LogP contribution in [-0.4, -0.2) is 51.4 Å². The normalized spacial score (nSPS) is 16.5. The molecule has 1 N–H and O–H groups in total. The standard InChI is InChI=1S/C24H28N2O6S/c1-31-13-18-11-16(9-10-21(18)32-2)20(14-33(3,29)30)26-12-17-5-4-6-19(22(17)24(26)28)25-23(27)15-7-8-15/h4-6,9-11,15,20H,7-8,12-14H2,1-3H3,(H,25,27). The molecule has 2 aromatic rings. The molecule has 1 atom stereocenters. The molecule has 2 aromatic carbocycles. The first-order chi connectivity index (χ1) is 15.7. The first kappa shape index (κ1) is 23.3. The summed E-state index contributed by atoms with van der Waals surface area (Å²) < 4.78 is 35.3. The largest absolute Gasteiger partial charge is 0.496 e. The van der Waals surface area contributed by atoms with Crippen molar-refractivity contribution in [3.63, 3.8) is 0 Å². The van der Waals surface area contributed by atoms with E-state index in [1.54, 1.807) is 43.4 Å². The number of anilines is 1. The third-order valence-electron chi connectivity index (χ3n) is 6.00. The third kappa shape index (κ3) is 5.04. The number of sulfone groups is 1. The quantitative estimate of drug-likeness (QED) is 0.602. The lowest BCUT2D eigenvalue weighted by molar-refractivity contribution is -0.117. The van der Waals surface area contributed by atoms with Gasteiger partial charge >= 0.3 is 0 Å². The number of nitrogens with zero attached hydrogens (tertiary/aromatic N) is 1. The average Bonchev–Trinajstić information content (AvgIpc) is 3.56. The number of nitrogens with one attached hydrogen (secondary N) is 1. The van der Waals surface area contributed by atoms with Crippen LogP contribution in [-0.2, 0) is 32.5 Å². The Morgan fingerprint density at radius 2 is 1.97 bits per heavy atom. The molecule has 0 radical (unpaired) electrons. The maximum Gasteiger partial charge on any atom is 0.257 e. The van der Waals surface area contributed by atoms with Gasteiger partial charge in [-0.25, -0.2) is 8.42 Å². The SMILES string of the molecule is COCc1cc(C(CS(C)(=O)=O)N2Cc3cccc(NC(=O)C4CC4)c3C2=O)ccc1OC. The third-order valence-corrected chi connectivity index (χ3v) is 6.92. The van der Waals surface area contributed by atoms with Gasteiger partial charge in [0.15, 0.2) is 0 Å². The van der Waals surface area contributed by atoms with Crippen molar-refractivity contribution in [3.05, 3.63) is 58.7 Å². The topological polar surface area (TPSA) is 102 Å². The molecule has 1 heterocycles. The number of fused-ring (bicyclic) bond motifs is 1. The highest BCUT2D eigenvalue weighted by molar-refractivity contribution is 7.90. The first-order valence-electron chi connectivity index (χ1n) is 10.8. The summed E-state index contributed by atoms with van der Waals surface area (Å²) in [5.74, 6) is 0.0239. The minimum Gasteiger partial charge on any atom is -0.496 e. The fourth-order valence-electron chi connectivity index (χ4n) is 4.25. The van der Waals surface area contributed by atoms with Crippen molar-refractivity contribution in [3.8, 4) is 5.75 Å². The second kappa shape index (κ2) is 9.15. The molecule has 8 nitrogen and oxygen atoms in total. The number of ether oxygens (including phenoxy) is 2. The number of rotatable bonds is 9. The van der Waals surface area contributed by atoms with Gasteiger partial charge in [0, 0.05) is 31.4 Å². The zero-order valence-corrected chi connectivity index (χ0v) is 19.8. The Labute approximate surface area is 193 Å². The molecule has 0 saturated heterocycles. The summed E-state index contributed by atoms with van der Waals surface area (Å²) >= 11 is 0. The summed E-state index contributed by atoms with van der Waals surface area (Å²) in [5.41, 5.74) is 3.11. The molecule has 2 aliphatic rings. The number of hydrogen-bond acceptors (Lipinski definition) is 6. The second-order valence-electron chi connectivity index (χ2n) is 8.65. The molecule has 1 unspecified atom stereocenters. The Morgan fingerprint density at radius 3 is 2.61 bits per heavy atom. The number of hydrogen-bond donors (Lipinski definition) is 1. The summed E-state index contributed by atoms with van der Waals surface area (Å²) in [5, 5.41) is 2.89. The van der Waals surface area contributed by atoms with E-state index in [2.05, 4.69) is 5.32 Å². The number of amides is 2. The molecular formula is C24H28N2O6S. The van der Waals surface area contributed by atoms with Gasteiger partial charge in [-0.2, -0.15) is 0 Å². The van der Waals surface area contributed by atoms with Crippen molar-refractivity contribution < 1.29 is 27.5 Å². The second-order valence-corrected chi connectivity index (χ2v) is 10.8. The van der Waals surface area contributed by atoms with Crippen LogP contribution >= 0.6 is 0 Å². The van der Waals surface area contributed by atoms with Gasteiger partial charge in [0.25, 0.3) is 5.91 Å². The predicted molar refractivity (Wildman–Crippen MR) is 124 cm³/mol. The molecule has 2 amide bonds. The maximum atomic E-state index is 13.5. The molecule has 176 valence electrons. The molecule has 1 aliphatic heterocycles. The summed E-state index contributed by atoms with van der Waals surface area (Å²) in [6.07, 6.45) is 2.88. The highest BCUT2D eigenvalue weighted by Crippen LogP contribution is 2.38. The average molecular weight is 473 g/mol. The summed E-state index contributed by atoms with van der Waals surface area (Å²) in [7, 11) is -0.295. The van der Waals surface area contributed by atoms with E-state index >= 15 is 0 Å². The lowest BCUT2D eigenvalue weighted by Gasteiger charge is -2.28. The Balaban J connectivity index is 1.70. The predicted octanol–water partition coefficient (Wildman–Crippen LogP) is 2.93. The Kier molecular flexibility index (Phi) is 6.45. The summed E-state index contributed by atoms with van der Waals surface area (Å²) in [6, 6.07) is 10.0. The van der Waals surface area contributed by atoms with Crippen molar-refractivity contribution in [1.82, 2.24) is 4.90 Å². The fraction of sp³-hybridized carbons (Fsp3) is 0.417. The number of carbonyl (C=O) groups excluding carboxylic acids is 2. The van der Waals surface area contributed by atoms with E-state index in [4.69, 9.17) is 9.47 Å². The molecule has 4 rings (SSSR count). The van der Waals surface area contributed by atoms with Crippen LogP contribution in [0.4, 0.5) is 5.69 Å². The van der Waals surface area contributed by atoms with Gasteiger partial charge in [0.05, 0.1) is 36.8 Å². The van der Waals surface area contributed by atoms with Crippen molar-refractivity contribution in [2.75, 3.05) is 31.5 Å². The van der Waals surface area contributed by atoms with Gasteiger partial charge < -0.3 is 19.7 Å². The van der Waals surface area contributed by atoms with Gasteiger partial charge in [0.1, 0.15) is 15.6 Å². The van der Waals surface area contributed by atoms with Crippen LogP contribution in [0.1, 0.15) is 45.9 Å². The first-order valence-corrected chi connectivity index (χ1v) is 12.8. The van der Waals surface area contributed by atoms with Crippen molar-refractivity contribution in [2.24, 2.45) is 5.92 Å². The molecule has 1 fully saturated rings. The van der Waals surface area contributed by atoms with Crippen LogP contribution in [0.2, 0.25) is 0 Å². The highest BCUT2D eigenvalue weighted by atomic mass is 32.2. The van der Waals surface area contributed by atoms with Crippen LogP contribution < -0.4 is 10.1 Å². The van der Waals surface area contributed by atoms with Crippen LogP contribution in [0, 0.1) is 5.92 Å². The van der Waals surface area contributed by atoms with Crippen LogP contribution in [0.25, 0.3) is 0 Å². The molecule has 9 heteroatoms.